The zero-order chi connectivity index (χ0) is 16.1. The first-order valence-electron chi connectivity index (χ1n) is 8.40. The monoisotopic (exact) mass is 340 g/mol. The fraction of sp³-hybridized carbons (Fsp3) is 0.647. The van der Waals surface area contributed by atoms with Gasteiger partial charge in [-0.2, -0.15) is 0 Å². The number of aliphatic hydroxyl groups excluding tert-OH is 1. The average molecular weight is 341 g/mol. The van der Waals surface area contributed by atoms with Crippen molar-refractivity contribution >= 4 is 11.6 Å². The molecule has 1 fully saturated rings. The van der Waals surface area contributed by atoms with Gasteiger partial charge in [0.2, 0.25) is 0 Å². The molecule has 1 N–H and O–H groups in total. The van der Waals surface area contributed by atoms with Gasteiger partial charge < -0.3 is 19.5 Å². The molecule has 2 aliphatic rings. The highest BCUT2D eigenvalue weighted by molar-refractivity contribution is 6.32. The first-order chi connectivity index (χ1) is 11.3. The number of halogens is 1. The van der Waals surface area contributed by atoms with E-state index in [1.54, 1.807) is 0 Å². The Bertz CT molecular complexity index is 519. The SMILES string of the molecule is OCCN1CCN(CCc2cc(Cl)c3c(c2)OCCCO3)CC1. The number of hydrogen-bond donors (Lipinski definition) is 1. The van der Waals surface area contributed by atoms with Crippen LogP contribution in [0.4, 0.5) is 0 Å². The summed E-state index contributed by atoms with van der Waals surface area (Å²) in [4.78, 5) is 4.77. The molecule has 0 radical (unpaired) electrons. The van der Waals surface area contributed by atoms with Crippen LogP contribution in [0.15, 0.2) is 12.1 Å². The van der Waals surface area contributed by atoms with E-state index in [-0.39, 0.29) is 6.61 Å². The molecule has 2 aliphatic heterocycles. The van der Waals surface area contributed by atoms with E-state index in [0.717, 1.165) is 57.9 Å². The van der Waals surface area contributed by atoms with Gasteiger partial charge in [-0.25, -0.2) is 0 Å². The van der Waals surface area contributed by atoms with Crippen LogP contribution in [0.2, 0.25) is 5.02 Å². The molecule has 1 aromatic carbocycles. The molecule has 0 bridgehead atoms. The fourth-order valence-electron chi connectivity index (χ4n) is 3.09. The molecule has 5 nitrogen and oxygen atoms in total. The number of ether oxygens (including phenoxy) is 2. The average Bonchev–Trinajstić information content (AvgIpc) is 2.80. The molecule has 3 rings (SSSR count). The van der Waals surface area contributed by atoms with Gasteiger partial charge in [-0.15, -0.1) is 0 Å². The van der Waals surface area contributed by atoms with Gasteiger partial charge >= 0.3 is 0 Å². The molecule has 0 aromatic heterocycles. The first kappa shape index (κ1) is 16.8. The van der Waals surface area contributed by atoms with E-state index in [1.165, 1.54) is 5.56 Å². The summed E-state index contributed by atoms with van der Waals surface area (Å²) in [7, 11) is 0. The number of benzene rings is 1. The van der Waals surface area contributed by atoms with Gasteiger partial charge in [0.15, 0.2) is 11.5 Å². The lowest BCUT2D eigenvalue weighted by molar-refractivity contribution is 0.113. The molecule has 0 atom stereocenters. The number of nitrogens with zero attached hydrogens (tertiary/aromatic N) is 2. The number of β-amino-alcohol motifs (C(OH)–C–C–N with tert-alkyl or cyclic N) is 1. The van der Waals surface area contributed by atoms with Crippen LogP contribution in [-0.2, 0) is 6.42 Å². The summed E-state index contributed by atoms with van der Waals surface area (Å²) in [6.07, 6.45) is 1.84. The molecule has 2 heterocycles. The summed E-state index contributed by atoms with van der Waals surface area (Å²) in [5.41, 5.74) is 1.19. The van der Waals surface area contributed by atoms with Crippen LogP contribution in [0.5, 0.6) is 11.5 Å². The second kappa shape index (κ2) is 8.20. The molecule has 0 spiro atoms. The Kier molecular flexibility index (Phi) is 6.00. The van der Waals surface area contributed by atoms with Crippen LogP contribution in [0.3, 0.4) is 0 Å². The fourth-order valence-corrected chi connectivity index (χ4v) is 3.38. The molecular weight excluding hydrogens is 316 g/mol. The molecular formula is C17H25ClN2O3. The van der Waals surface area contributed by atoms with Gasteiger partial charge in [0.25, 0.3) is 0 Å². The maximum atomic E-state index is 8.99. The number of fused-ring (bicyclic) bond motifs is 1. The zero-order valence-electron chi connectivity index (χ0n) is 13.5. The second-order valence-electron chi connectivity index (χ2n) is 6.11. The zero-order valence-corrected chi connectivity index (χ0v) is 14.2. The van der Waals surface area contributed by atoms with Crippen LogP contribution in [0.1, 0.15) is 12.0 Å². The quantitative estimate of drug-likeness (QED) is 0.883. The topological polar surface area (TPSA) is 45.2 Å². The third-order valence-electron chi connectivity index (χ3n) is 4.46. The lowest BCUT2D eigenvalue weighted by Gasteiger charge is -2.34. The maximum absolute atomic E-state index is 8.99. The number of rotatable bonds is 5. The maximum Gasteiger partial charge on any atom is 0.179 e. The van der Waals surface area contributed by atoms with Crippen molar-refractivity contribution < 1.29 is 14.6 Å². The van der Waals surface area contributed by atoms with Crippen molar-refractivity contribution in [2.45, 2.75) is 12.8 Å². The predicted octanol–water partition coefficient (Wildman–Crippen LogP) is 1.65. The Morgan fingerprint density at radius 3 is 2.43 bits per heavy atom. The lowest BCUT2D eigenvalue weighted by Crippen LogP contribution is -2.47. The molecule has 0 amide bonds. The molecule has 6 heteroatoms. The third kappa shape index (κ3) is 4.51. The minimum Gasteiger partial charge on any atom is -0.489 e. The van der Waals surface area contributed by atoms with Crippen molar-refractivity contribution in [1.29, 1.82) is 0 Å². The Labute approximate surface area is 142 Å². The summed E-state index contributed by atoms with van der Waals surface area (Å²) in [5.74, 6) is 1.46. The summed E-state index contributed by atoms with van der Waals surface area (Å²) >= 11 is 6.35. The summed E-state index contributed by atoms with van der Waals surface area (Å²) < 4.78 is 11.4. The smallest absolute Gasteiger partial charge is 0.179 e. The van der Waals surface area contributed by atoms with Crippen LogP contribution < -0.4 is 9.47 Å². The Morgan fingerprint density at radius 1 is 1.00 bits per heavy atom. The highest BCUT2D eigenvalue weighted by Gasteiger charge is 2.18. The van der Waals surface area contributed by atoms with Crippen molar-refractivity contribution in [3.63, 3.8) is 0 Å². The lowest BCUT2D eigenvalue weighted by atomic mass is 10.1. The van der Waals surface area contributed by atoms with Crippen LogP contribution >= 0.6 is 11.6 Å². The van der Waals surface area contributed by atoms with Crippen molar-refractivity contribution in [1.82, 2.24) is 9.80 Å². The summed E-state index contributed by atoms with van der Waals surface area (Å²) in [5, 5.41) is 9.63. The van der Waals surface area contributed by atoms with E-state index in [4.69, 9.17) is 26.2 Å². The van der Waals surface area contributed by atoms with E-state index in [2.05, 4.69) is 15.9 Å². The van der Waals surface area contributed by atoms with Gasteiger partial charge in [0, 0.05) is 45.7 Å². The molecule has 1 aromatic rings. The second-order valence-corrected chi connectivity index (χ2v) is 6.52. The number of aliphatic hydroxyl groups is 1. The molecule has 23 heavy (non-hydrogen) atoms. The Balaban J connectivity index is 1.55. The highest BCUT2D eigenvalue weighted by Crippen LogP contribution is 2.38. The van der Waals surface area contributed by atoms with E-state index in [9.17, 15) is 0 Å². The highest BCUT2D eigenvalue weighted by atomic mass is 35.5. The van der Waals surface area contributed by atoms with Gasteiger partial charge in [0.05, 0.1) is 24.8 Å². The predicted molar refractivity (Wildman–Crippen MR) is 90.7 cm³/mol. The first-order valence-corrected chi connectivity index (χ1v) is 8.77. The number of piperazine rings is 1. The van der Waals surface area contributed by atoms with Gasteiger partial charge in [-0.1, -0.05) is 11.6 Å². The summed E-state index contributed by atoms with van der Waals surface area (Å²) in [6.45, 7) is 7.55. The largest absolute Gasteiger partial charge is 0.489 e. The van der Waals surface area contributed by atoms with Crippen LogP contribution in [-0.4, -0.2) is 74.0 Å². The Hall–Kier alpha value is -1.01. The summed E-state index contributed by atoms with van der Waals surface area (Å²) in [6, 6.07) is 4.06. The minimum absolute atomic E-state index is 0.246. The van der Waals surface area contributed by atoms with E-state index < -0.39 is 0 Å². The van der Waals surface area contributed by atoms with Crippen molar-refractivity contribution in [3.05, 3.63) is 22.7 Å². The molecule has 0 aliphatic carbocycles. The van der Waals surface area contributed by atoms with E-state index >= 15 is 0 Å². The number of hydrogen-bond acceptors (Lipinski definition) is 5. The van der Waals surface area contributed by atoms with Crippen LogP contribution in [0.25, 0.3) is 0 Å². The Morgan fingerprint density at radius 2 is 1.70 bits per heavy atom. The van der Waals surface area contributed by atoms with E-state index in [0.29, 0.717) is 24.0 Å². The standard InChI is InChI=1S/C17H25ClN2O3/c18-15-12-14(13-16-17(15)23-11-1-10-22-16)2-3-19-4-6-20(7-5-19)8-9-21/h12-13,21H,1-11H2. The molecule has 0 unspecified atom stereocenters. The van der Waals surface area contributed by atoms with Crippen LogP contribution in [0, 0.1) is 0 Å². The third-order valence-corrected chi connectivity index (χ3v) is 4.74. The molecule has 128 valence electrons. The van der Waals surface area contributed by atoms with Gasteiger partial charge in [-0.3, -0.25) is 4.90 Å². The van der Waals surface area contributed by atoms with Crippen molar-refractivity contribution in [3.8, 4) is 11.5 Å². The molecule has 1 saturated heterocycles. The van der Waals surface area contributed by atoms with Gasteiger partial charge in [0.1, 0.15) is 0 Å². The molecule has 0 saturated carbocycles. The minimum atomic E-state index is 0.246. The van der Waals surface area contributed by atoms with Gasteiger partial charge in [-0.05, 0) is 24.1 Å². The normalized spacial score (nSPS) is 19.6. The van der Waals surface area contributed by atoms with Crippen molar-refractivity contribution in [2.24, 2.45) is 0 Å². The van der Waals surface area contributed by atoms with E-state index in [1.807, 2.05) is 6.07 Å². The van der Waals surface area contributed by atoms with Crippen molar-refractivity contribution in [2.75, 3.05) is 59.1 Å².